The molecule has 2 atom stereocenters. The van der Waals surface area contributed by atoms with Gasteiger partial charge in [0.1, 0.15) is 0 Å². The normalized spacial score (nSPS) is 22.0. The Balaban J connectivity index is 1.75. The number of rotatable bonds is 2. The monoisotopic (exact) mass is 395 g/mol. The van der Waals surface area contributed by atoms with Crippen LogP contribution < -0.4 is 5.73 Å². The fourth-order valence-electron chi connectivity index (χ4n) is 5.25. The van der Waals surface area contributed by atoms with Gasteiger partial charge in [0.2, 0.25) is 9.84 Å². The second-order valence-corrected chi connectivity index (χ2v) is 10.2. The van der Waals surface area contributed by atoms with E-state index in [2.05, 4.69) is 23.6 Å². The Morgan fingerprint density at radius 1 is 1.04 bits per heavy atom. The Labute approximate surface area is 165 Å². The average molecular weight is 396 g/mol. The van der Waals surface area contributed by atoms with Crippen molar-refractivity contribution in [1.82, 2.24) is 9.47 Å². The summed E-state index contributed by atoms with van der Waals surface area (Å²) in [6.07, 6.45) is 3.38. The molecule has 0 radical (unpaired) electrons. The van der Waals surface area contributed by atoms with E-state index in [1.54, 1.807) is 30.3 Å². The molecule has 6 heteroatoms. The van der Waals surface area contributed by atoms with Crippen LogP contribution in [-0.2, 0) is 23.3 Å². The fourth-order valence-corrected chi connectivity index (χ4v) is 6.63. The third-order valence-electron chi connectivity index (χ3n) is 6.72. The lowest BCUT2D eigenvalue weighted by Gasteiger charge is -2.32. The molecule has 1 aromatic heterocycles. The van der Waals surface area contributed by atoms with Crippen molar-refractivity contribution in [2.45, 2.75) is 48.1 Å². The van der Waals surface area contributed by atoms with Gasteiger partial charge in [-0.1, -0.05) is 0 Å². The average Bonchev–Trinajstić information content (AvgIpc) is 3.06. The number of nitrogens with two attached hydrogens (primary N) is 1. The lowest BCUT2D eigenvalue weighted by atomic mass is 9.97. The molecule has 3 heterocycles. The number of fused-ring (bicyclic) bond motifs is 6. The van der Waals surface area contributed by atoms with Crippen molar-refractivity contribution in [3.63, 3.8) is 0 Å². The number of sulfone groups is 1. The number of benzene rings is 2. The molecule has 0 amide bonds. The molecule has 2 N–H and O–H groups in total. The molecule has 146 valence electrons. The molecule has 0 saturated carbocycles. The molecule has 0 spiro atoms. The van der Waals surface area contributed by atoms with E-state index in [9.17, 15) is 8.42 Å². The van der Waals surface area contributed by atoms with E-state index < -0.39 is 9.84 Å². The van der Waals surface area contributed by atoms with Gasteiger partial charge in [-0.3, -0.25) is 4.90 Å². The lowest BCUT2D eigenvalue weighted by Crippen LogP contribution is -2.34. The first-order chi connectivity index (χ1) is 13.3. The van der Waals surface area contributed by atoms with Crippen LogP contribution in [0.15, 0.2) is 46.2 Å². The molecule has 2 aromatic carbocycles. The molecule has 5 rings (SSSR count). The standard InChI is InChI=1S/C22H25N3O2S/c1-13-10-17(28(26,27)16-7-4-14(23)5-8-16)12-18-21-19-9-6-15(24(19)2)11-20(21)25(3)22(13)18/h4-5,7-8,10,12,15,19H,6,9,11,23H2,1-3H3. The second kappa shape index (κ2) is 5.84. The van der Waals surface area contributed by atoms with Gasteiger partial charge in [0.05, 0.1) is 15.3 Å². The quantitative estimate of drug-likeness (QED) is 0.673. The summed E-state index contributed by atoms with van der Waals surface area (Å²) in [4.78, 5) is 3.11. The highest BCUT2D eigenvalue weighted by Gasteiger charge is 2.40. The summed E-state index contributed by atoms with van der Waals surface area (Å²) in [5, 5.41) is 1.09. The summed E-state index contributed by atoms with van der Waals surface area (Å²) < 4.78 is 28.9. The SMILES string of the molecule is Cc1cc(S(=O)(=O)c2ccc(N)cc2)cc2c3c(n(C)c12)CC1CCC3N1C. The molecule has 3 aromatic rings. The number of aryl methyl sites for hydroxylation is 2. The smallest absolute Gasteiger partial charge is 0.206 e. The molecule has 28 heavy (non-hydrogen) atoms. The summed E-state index contributed by atoms with van der Waals surface area (Å²) in [5.41, 5.74) is 11.1. The van der Waals surface area contributed by atoms with E-state index in [1.807, 2.05) is 13.0 Å². The number of hydrogen-bond donors (Lipinski definition) is 1. The van der Waals surface area contributed by atoms with Crippen LogP contribution in [0, 0.1) is 6.92 Å². The zero-order valence-corrected chi connectivity index (χ0v) is 17.3. The maximum absolute atomic E-state index is 13.3. The summed E-state index contributed by atoms with van der Waals surface area (Å²) in [7, 11) is 0.726. The molecule has 2 aliphatic rings. The van der Waals surface area contributed by atoms with Crippen LogP contribution in [-0.4, -0.2) is 31.0 Å². The van der Waals surface area contributed by atoms with Crippen LogP contribution in [0.5, 0.6) is 0 Å². The van der Waals surface area contributed by atoms with Crippen LogP contribution in [0.4, 0.5) is 5.69 Å². The Bertz CT molecular complexity index is 1210. The molecule has 1 saturated heterocycles. The van der Waals surface area contributed by atoms with E-state index in [0.717, 1.165) is 29.3 Å². The third-order valence-corrected chi connectivity index (χ3v) is 8.47. The van der Waals surface area contributed by atoms with Crippen LogP contribution in [0.2, 0.25) is 0 Å². The zero-order chi connectivity index (χ0) is 19.8. The van der Waals surface area contributed by atoms with Gasteiger partial charge in [0.25, 0.3) is 0 Å². The highest BCUT2D eigenvalue weighted by molar-refractivity contribution is 7.91. The van der Waals surface area contributed by atoms with Crippen molar-refractivity contribution in [2.24, 2.45) is 7.05 Å². The lowest BCUT2D eigenvalue weighted by molar-refractivity contribution is 0.222. The number of likely N-dealkylation sites (N-methyl/N-ethyl adjacent to an activating group) is 1. The summed E-state index contributed by atoms with van der Waals surface area (Å²) in [6.45, 7) is 2.01. The van der Waals surface area contributed by atoms with Gasteiger partial charge in [-0.15, -0.1) is 0 Å². The summed E-state index contributed by atoms with van der Waals surface area (Å²) >= 11 is 0. The first kappa shape index (κ1) is 17.8. The molecule has 2 unspecified atom stereocenters. The molecular weight excluding hydrogens is 370 g/mol. The van der Waals surface area contributed by atoms with Gasteiger partial charge in [0, 0.05) is 42.3 Å². The first-order valence-corrected chi connectivity index (χ1v) is 11.2. The predicted molar refractivity (Wildman–Crippen MR) is 111 cm³/mol. The maximum atomic E-state index is 13.3. The fraction of sp³-hybridized carbons (Fsp3) is 0.364. The highest BCUT2D eigenvalue weighted by Crippen LogP contribution is 2.47. The van der Waals surface area contributed by atoms with E-state index in [1.165, 1.54) is 17.7 Å². The predicted octanol–water partition coefficient (Wildman–Crippen LogP) is 3.59. The van der Waals surface area contributed by atoms with Crippen molar-refractivity contribution >= 4 is 26.4 Å². The topological polar surface area (TPSA) is 68.3 Å². The zero-order valence-electron chi connectivity index (χ0n) is 16.4. The van der Waals surface area contributed by atoms with Crippen molar-refractivity contribution in [3.8, 4) is 0 Å². The van der Waals surface area contributed by atoms with E-state index in [4.69, 9.17) is 5.73 Å². The maximum Gasteiger partial charge on any atom is 0.206 e. The number of nitrogens with zero attached hydrogens (tertiary/aromatic N) is 2. The molecule has 5 nitrogen and oxygen atoms in total. The molecule has 1 fully saturated rings. The van der Waals surface area contributed by atoms with Gasteiger partial charge >= 0.3 is 0 Å². The molecule has 2 bridgehead atoms. The van der Waals surface area contributed by atoms with Crippen LogP contribution in [0.1, 0.15) is 35.7 Å². The minimum atomic E-state index is -3.59. The van der Waals surface area contributed by atoms with Gasteiger partial charge < -0.3 is 10.3 Å². The molecule has 2 aliphatic heterocycles. The largest absolute Gasteiger partial charge is 0.399 e. The Hall–Kier alpha value is -2.31. The highest BCUT2D eigenvalue weighted by atomic mass is 32.2. The van der Waals surface area contributed by atoms with Gasteiger partial charge in [0.15, 0.2) is 0 Å². The van der Waals surface area contributed by atoms with Crippen LogP contribution >= 0.6 is 0 Å². The molecular formula is C22H25N3O2S. The Kier molecular flexibility index (Phi) is 3.71. The summed E-state index contributed by atoms with van der Waals surface area (Å²) in [5.74, 6) is 0. The van der Waals surface area contributed by atoms with Gasteiger partial charge in [-0.2, -0.15) is 0 Å². The van der Waals surface area contributed by atoms with E-state index in [0.29, 0.717) is 22.7 Å². The van der Waals surface area contributed by atoms with E-state index >= 15 is 0 Å². The number of hydrogen-bond acceptors (Lipinski definition) is 4. The number of anilines is 1. The van der Waals surface area contributed by atoms with Crippen molar-refractivity contribution in [1.29, 1.82) is 0 Å². The van der Waals surface area contributed by atoms with Crippen molar-refractivity contribution in [2.75, 3.05) is 12.8 Å². The first-order valence-electron chi connectivity index (χ1n) is 9.73. The number of aromatic nitrogens is 1. The van der Waals surface area contributed by atoms with Gasteiger partial charge in [-0.25, -0.2) is 8.42 Å². The third kappa shape index (κ3) is 2.31. The Morgan fingerprint density at radius 3 is 2.46 bits per heavy atom. The van der Waals surface area contributed by atoms with Crippen molar-refractivity contribution < 1.29 is 8.42 Å². The minimum Gasteiger partial charge on any atom is -0.399 e. The van der Waals surface area contributed by atoms with Crippen LogP contribution in [0.3, 0.4) is 0 Å². The minimum absolute atomic E-state index is 0.281. The van der Waals surface area contributed by atoms with Gasteiger partial charge in [-0.05, 0) is 74.3 Å². The summed E-state index contributed by atoms with van der Waals surface area (Å²) in [6, 6.07) is 11.1. The van der Waals surface area contributed by atoms with Crippen LogP contribution in [0.25, 0.3) is 10.9 Å². The second-order valence-electron chi connectivity index (χ2n) is 8.24. The van der Waals surface area contributed by atoms with Crippen molar-refractivity contribution in [3.05, 3.63) is 53.2 Å². The Morgan fingerprint density at radius 2 is 1.75 bits per heavy atom. The molecule has 0 aliphatic carbocycles. The number of nitrogen functional groups attached to an aromatic ring is 1. The van der Waals surface area contributed by atoms with E-state index in [-0.39, 0.29) is 4.90 Å².